The maximum atomic E-state index is 13.5. The third-order valence-corrected chi connectivity index (χ3v) is 6.34. The number of hydrogen-bond acceptors (Lipinski definition) is 4. The predicted molar refractivity (Wildman–Crippen MR) is 127 cm³/mol. The van der Waals surface area contributed by atoms with E-state index in [9.17, 15) is 9.59 Å². The van der Waals surface area contributed by atoms with Gasteiger partial charge in [0.15, 0.2) is 11.2 Å². The predicted octanol–water partition coefficient (Wildman–Crippen LogP) is 3.76. The lowest BCUT2D eigenvalue weighted by molar-refractivity contribution is 0.597. The van der Waals surface area contributed by atoms with Crippen LogP contribution in [0.5, 0.6) is 0 Å². The van der Waals surface area contributed by atoms with Gasteiger partial charge >= 0.3 is 5.69 Å². The summed E-state index contributed by atoms with van der Waals surface area (Å²) in [7, 11) is 1.67. The first kappa shape index (κ1) is 20.6. The Bertz CT molecular complexity index is 1480. The van der Waals surface area contributed by atoms with Gasteiger partial charge in [-0.25, -0.2) is 4.79 Å². The Morgan fingerprint density at radius 3 is 2.66 bits per heavy atom. The van der Waals surface area contributed by atoms with Gasteiger partial charge < -0.3 is 9.47 Å². The minimum absolute atomic E-state index is 0.223. The number of imidazole rings is 1. The molecule has 0 aliphatic carbocycles. The molecule has 0 bridgehead atoms. The summed E-state index contributed by atoms with van der Waals surface area (Å²) in [6, 6.07) is 13.6. The lowest BCUT2D eigenvalue weighted by Crippen LogP contribution is -2.40. The Labute approximate surface area is 190 Å². The molecule has 2 aromatic carbocycles. The van der Waals surface area contributed by atoms with E-state index in [4.69, 9.17) is 16.6 Å². The third kappa shape index (κ3) is 3.24. The van der Waals surface area contributed by atoms with Crippen LogP contribution < -0.4 is 16.1 Å². The van der Waals surface area contributed by atoms with Crippen LogP contribution in [-0.4, -0.2) is 25.2 Å². The van der Waals surface area contributed by atoms with E-state index in [-0.39, 0.29) is 17.8 Å². The molecule has 8 heteroatoms. The minimum atomic E-state index is -0.370. The van der Waals surface area contributed by atoms with E-state index in [1.165, 1.54) is 9.13 Å². The molecule has 0 unspecified atom stereocenters. The molecule has 0 saturated heterocycles. The molecule has 1 aliphatic rings. The number of benzene rings is 2. The SMILES string of the molecule is Cc1cccc(Cn2c(=O)c3c(nc4n3CCCN4c3cc(Cl)ccc3C)n(C)c2=O)c1. The fourth-order valence-electron chi connectivity index (χ4n) is 4.50. The molecular weight excluding hydrogens is 426 g/mol. The number of aromatic nitrogens is 4. The highest BCUT2D eigenvalue weighted by Gasteiger charge is 2.27. The Kier molecular flexibility index (Phi) is 4.93. The summed E-state index contributed by atoms with van der Waals surface area (Å²) >= 11 is 6.27. The topological polar surface area (TPSA) is 65.1 Å². The second-order valence-electron chi connectivity index (χ2n) is 8.39. The molecule has 0 saturated carbocycles. The van der Waals surface area contributed by atoms with Crippen molar-refractivity contribution in [1.82, 2.24) is 18.7 Å². The van der Waals surface area contributed by atoms with Crippen molar-refractivity contribution >= 4 is 34.4 Å². The zero-order chi connectivity index (χ0) is 22.6. The molecular formula is C24H24ClN5O2. The lowest BCUT2D eigenvalue weighted by Gasteiger charge is -2.30. The van der Waals surface area contributed by atoms with Crippen molar-refractivity contribution in [2.24, 2.45) is 7.05 Å². The van der Waals surface area contributed by atoms with Gasteiger partial charge in [0.05, 0.1) is 6.54 Å². The summed E-state index contributed by atoms with van der Waals surface area (Å²) in [5.41, 5.74) is 4.21. The normalized spacial score (nSPS) is 13.6. The van der Waals surface area contributed by atoms with Gasteiger partial charge in [0.2, 0.25) is 5.95 Å². The van der Waals surface area contributed by atoms with Gasteiger partial charge in [-0.05, 0) is 43.5 Å². The van der Waals surface area contributed by atoms with Crippen LogP contribution in [0.15, 0.2) is 52.1 Å². The Balaban J connectivity index is 1.72. The average molecular weight is 450 g/mol. The summed E-state index contributed by atoms with van der Waals surface area (Å²) in [5.74, 6) is 0.664. The standard InChI is InChI=1S/C24H24ClN5O2/c1-15-6-4-7-17(12-15)14-30-22(31)20-21(27(3)24(30)32)26-23-28(10-5-11-29(20)23)19-13-18(25)9-8-16(19)2/h4,6-9,12-13H,5,10-11,14H2,1-3H3. The van der Waals surface area contributed by atoms with Crippen LogP contribution in [0.4, 0.5) is 11.6 Å². The van der Waals surface area contributed by atoms with Crippen molar-refractivity contribution in [2.75, 3.05) is 11.4 Å². The lowest BCUT2D eigenvalue weighted by atomic mass is 10.1. The molecule has 0 spiro atoms. The molecule has 0 fully saturated rings. The van der Waals surface area contributed by atoms with Gasteiger partial charge in [-0.3, -0.25) is 13.9 Å². The van der Waals surface area contributed by atoms with Crippen molar-refractivity contribution in [2.45, 2.75) is 33.4 Å². The number of aryl methyl sites for hydroxylation is 4. The second-order valence-corrected chi connectivity index (χ2v) is 8.83. The van der Waals surface area contributed by atoms with Gasteiger partial charge in [-0.2, -0.15) is 4.98 Å². The van der Waals surface area contributed by atoms with Crippen LogP contribution in [0.2, 0.25) is 5.02 Å². The van der Waals surface area contributed by atoms with Crippen LogP contribution in [0, 0.1) is 13.8 Å². The Morgan fingerprint density at radius 1 is 1.06 bits per heavy atom. The first-order valence-corrected chi connectivity index (χ1v) is 11.0. The van der Waals surface area contributed by atoms with Crippen molar-refractivity contribution in [3.63, 3.8) is 0 Å². The number of rotatable bonds is 3. The molecule has 0 amide bonds. The highest BCUT2D eigenvalue weighted by Crippen LogP contribution is 2.34. The van der Waals surface area contributed by atoms with E-state index in [0.29, 0.717) is 28.7 Å². The molecule has 2 aromatic heterocycles. The molecule has 0 radical (unpaired) electrons. The van der Waals surface area contributed by atoms with Gasteiger partial charge in [0.25, 0.3) is 5.56 Å². The largest absolute Gasteiger partial charge is 0.332 e. The van der Waals surface area contributed by atoms with Crippen LogP contribution in [0.1, 0.15) is 23.1 Å². The summed E-state index contributed by atoms with van der Waals surface area (Å²) in [6.45, 7) is 5.67. The fraction of sp³-hybridized carbons (Fsp3) is 0.292. The molecule has 1 aliphatic heterocycles. The number of halogens is 1. The zero-order valence-corrected chi connectivity index (χ0v) is 19.1. The van der Waals surface area contributed by atoms with Crippen molar-refractivity contribution < 1.29 is 0 Å². The molecule has 0 N–H and O–H groups in total. The molecule has 0 atom stereocenters. The van der Waals surface area contributed by atoms with Crippen LogP contribution >= 0.6 is 11.6 Å². The van der Waals surface area contributed by atoms with E-state index in [2.05, 4.69) is 4.90 Å². The van der Waals surface area contributed by atoms with Crippen LogP contribution in [0.3, 0.4) is 0 Å². The molecule has 5 rings (SSSR count). The highest BCUT2D eigenvalue weighted by atomic mass is 35.5. The monoisotopic (exact) mass is 449 g/mol. The summed E-state index contributed by atoms with van der Waals surface area (Å²) in [4.78, 5) is 33.5. The first-order valence-electron chi connectivity index (χ1n) is 10.6. The van der Waals surface area contributed by atoms with E-state index in [0.717, 1.165) is 35.3 Å². The fourth-order valence-corrected chi connectivity index (χ4v) is 4.67. The third-order valence-electron chi connectivity index (χ3n) is 6.10. The quantitative estimate of drug-likeness (QED) is 0.477. The maximum Gasteiger partial charge on any atom is 0.332 e. The van der Waals surface area contributed by atoms with Crippen molar-refractivity contribution in [3.8, 4) is 0 Å². The molecule has 4 aromatic rings. The van der Waals surface area contributed by atoms with Gasteiger partial charge in [-0.1, -0.05) is 47.5 Å². The van der Waals surface area contributed by atoms with Crippen molar-refractivity contribution in [1.29, 1.82) is 0 Å². The smallest absolute Gasteiger partial charge is 0.312 e. The highest BCUT2D eigenvalue weighted by molar-refractivity contribution is 6.30. The molecule has 32 heavy (non-hydrogen) atoms. The molecule has 7 nitrogen and oxygen atoms in total. The number of fused-ring (bicyclic) bond motifs is 3. The van der Waals surface area contributed by atoms with Crippen LogP contribution in [-0.2, 0) is 20.1 Å². The zero-order valence-electron chi connectivity index (χ0n) is 18.3. The minimum Gasteiger partial charge on any atom is -0.312 e. The summed E-state index contributed by atoms with van der Waals surface area (Å²) in [6.07, 6.45) is 0.852. The number of nitrogens with zero attached hydrogens (tertiary/aromatic N) is 5. The maximum absolute atomic E-state index is 13.5. The van der Waals surface area contributed by atoms with E-state index in [1.807, 2.05) is 60.9 Å². The number of hydrogen-bond donors (Lipinski definition) is 0. The Hall–Kier alpha value is -3.32. The van der Waals surface area contributed by atoms with Gasteiger partial charge in [0.1, 0.15) is 0 Å². The van der Waals surface area contributed by atoms with Crippen LogP contribution in [0.25, 0.3) is 11.2 Å². The average Bonchev–Trinajstić information content (AvgIpc) is 3.17. The van der Waals surface area contributed by atoms with E-state index >= 15 is 0 Å². The number of anilines is 2. The first-order chi connectivity index (χ1) is 15.3. The van der Waals surface area contributed by atoms with E-state index in [1.54, 1.807) is 7.05 Å². The molecule has 164 valence electrons. The summed E-state index contributed by atoms with van der Waals surface area (Å²) in [5, 5.41) is 0.645. The summed E-state index contributed by atoms with van der Waals surface area (Å²) < 4.78 is 4.71. The van der Waals surface area contributed by atoms with Gasteiger partial charge in [-0.15, -0.1) is 0 Å². The van der Waals surface area contributed by atoms with Gasteiger partial charge in [0, 0.05) is 30.8 Å². The van der Waals surface area contributed by atoms with Crippen molar-refractivity contribution in [3.05, 3.63) is 85.0 Å². The second kappa shape index (κ2) is 7.67. The van der Waals surface area contributed by atoms with E-state index < -0.39 is 0 Å². The Morgan fingerprint density at radius 2 is 1.88 bits per heavy atom. The molecule has 3 heterocycles.